The van der Waals surface area contributed by atoms with Crippen molar-refractivity contribution in [1.82, 2.24) is 10.6 Å². The van der Waals surface area contributed by atoms with Crippen LogP contribution >= 0.6 is 22.6 Å². The van der Waals surface area contributed by atoms with E-state index in [-0.39, 0.29) is 5.70 Å². The molecule has 0 saturated carbocycles. The molecule has 1 saturated heterocycles. The van der Waals surface area contributed by atoms with Gasteiger partial charge in [0.15, 0.2) is 0 Å². The van der Waals surface area contributed by atoms with Gasteiger partial charge in [-0.25, -0.2) is 4.79 Å². The number of ether oxygens (including phenoxy) is 1. The average molecular weight is 420 g/mol. The van der Waals surface area contributed by atoms with Crippen LogP contribution in [0.25, 0.3) is 6.08 Å². The number of rotatable bonds is 4. The number of carbonyl (C=O) groups excluding carboxylic acids is 2. The number of imide groups is 1. The molecule has 0 aliphatic carbocycles. The van der Waals surface area contributed by atoms with Gasteiger partial charge in [-0.3, -0.25) is 10.1 Å². The van der Waals surface area contributed by atoms with Gasteiger partial charge in [0.2, 0.25) is 0 Å². The summed E-state index contributed by atoms with van der Waals surface area (Å²) in [6, 6.07) is 15.0. The van der Waals surface area contributed by atoms with Crippen molar-refractivity contribution in [1.29, 1.82) is 0 Å². The van der Waals surface area contributed by atoms with E-state index in [4.69, 9.17) is 4.74 Å². The molecule has 0 radical (unpaired) electrons. The Balaban J connectivity index is 1.72. The van der Waals surface area contributed by atoms with Gasteiger partial charge in [-0.1, -0.05) is 36.4 Å². The van der Waals surface area contributed by atoms with E-state index in [2.05, 4.69) is 33.2 Å². The molecule has 5 nitrogen and oxygen atoms in total. The highest BCUT2D eigenvalue weighted by molar-refractivity contribution is 14.1. The maximum atomic E-state index is 11.5. The van der Waals surface area contributed by atoms with Gasteiger partial charge in [0.25, 0.3) is 5.91 Å². The first-order valence-electron chi connectivity index (χ1n) is 6.92. The summed E-state index contributed by atoms with van der Waals surface area (Å²) in [4.78, 5) is 22.6. The molecule has 0 aromatic heterocycles. The predicted molar refractivity (Wildman–Crippen MR) is 94.6 cm³/mol. The van der Waals surface area contributed by atoms with Crippen LogP contribution in [0.2, 0.25) is 0 Å². The second kappa shape index (κ2) is 6.82. The molecule has 23 heavy (non-hydrogen) atoms. The minimum absolute atomic E-state index is 0.240. The third-order valence-electron chi connectivity index (χ3n) is 3.22. The number of nitrogens with one attached hydrogen (secondary N) is 2. The molecule has 3 rings (SSSR count). The molecule has 1 aliphatic heterocycles. The van der Waals surface area contributed by atoms with Crippen LogP contribution < -0.4 is 15.4 Å². The van der Waals surface area contributed by atoms with Crippen LogP contribution in [0.3, 0.4) is 0 Å². The highest BCUT2D eigenvalue weighted by Gasteiger charge is 2.22. The fraction of sp³-hybridized carbons (Fsp3) is 0.0588. The fourth-order valence-electron chi connectivity index (χ4n) is 2.11. The van der Waals surface area contributed by atoms with Crippen molar-refractivity contribution in [3.05, 3.63) is 68.9 Å². The summed E-state index contributed by atoms with van der Waals surface area (Å²) in [6.07, 6.45) is 1.63. The second-order valence-corrected chi connectivity index (χ2v) is 6.09. The van der Waals surface area contributed by atoms with Crippen molar-refractivity contribution in [3.63, 3.8) is 0 Å². The van der Waals surface area contributed by atoms with E-state index < -0.39 is 11.9 Å². The Kier molecular flexibility index (Phi) is 4.61. The number of hydrogen-bond donors (Lipinski definition) is 2. The van der Waals surface area contributed by atoms with Gasteiger partial charge < -0.3 is 10.1 Å². The summed E-state index contributed by atoms with van der Waals surface area (Å²) in [5, 5.41) is 4.63. The van der Waals surface area contributed by atoms with E-state index in [0.29, 0.717) is 6.61 Å². The third kappa shape index (κ3) is 3.89. The van der Waals surface area contributed by atoms with Gasteiger partial charge in [0.1, 0.15) is 18.1 Å². The standard InChI is InChI=1S/C17H13IN2O3/c18-13-8-12(9-14-16(21)20-17(22)19-14)6-7-15(13)23-10-11-4-2-1-3-5-11/h1-9H,10H2,(H2,19,20,21,22)/b14-9+. The molecule has 0 spiro atoms. The average Bonchev–Trinajstić information content (AvgIpc) is 2.85. The zero-order valence-electron chi connectivity index (χ0n) is 12.0. The Bertz CT molecular complexity index is 788. The molecule has 0 bridgehead atoms. The summed E-state index contributed by atoms with van der Waals surface area (Å²) in [5.74, 6) is 0.353. The van der Waals surface area contributed by atoms with Crippen LogP contribution in [0.4, 0.5) is 4.79 Å². The zero-order valence-corrected chi connectivity index (χ0v) is 14.2. The molecule has 1 heterocycles. The number of carbonyl (C=O) groups is 2. The highest BCUT2D eigenvalue weighted by Crippen LogP contribution is 2.24. The highest BCUT2D eigenvalue weighted by atomic mass is 127. The van der Waals surface area contributed by atoms with Gasteiger partial charge >= 0.3 is 6.03 Å². The van der Waals surface area contributed by atoms with Crippen molar-refractivity contribution in [2.45, 2.75) is 6.61 Å². The Morgan fingerprint density at radius 3 is 2.48 bits per heavy atom. The molecule has 116 valence electrons. The lowest BCUT2D eigenvalue weighted by Crippen LogP contribution is -2.22. The third-order valence-corrected chi connectivity index (χ3v) is 4.07. The quantitative estimate of drug-likeness (QED) is 0.454. The maximum Gasteiger partial charge on any atom is 0.326 e. The number of halogens is 1. The van der Waals surface area contributed by atoms with Crippen molar-refractivity contribution in [2.24, 2.45) is 0 Å². The maximum absolute atomic E-state index is 11.5. The summed E-state index contributed by atoms with van der Waals surface area (Å²) >= 11 is 2.18. The number of amides is 3. The first kappa shape index (κ1) is 15.5. The van der Waals surface area contributed by atoms with Crippen molar-refractivity contribution >= 4 is 40.6 Å². The van der Waals surface area contributed by atoms with Crippen LogP contribution in [-0.2, 0) is 11.4 Å². The van der Waals surface area contributed by atoms with Gasteiger partial charge in [0, 0.05) is 0 Å². The molecular weight excluding hydrogens is 407 g/mol. The van der Waals surface area contributed by atoms with E-state index in [1.807, 2.05) is 48.5 Å². The molecule has 1 fully saturated rings. The van der Waals surface area contributed by atoms with Crippen LogP contribution in [0.5, 0.6) is 5.75 Å². The molecule has 3 amide bonds. The van der Waals surface area contributed by atoms with Gasteiger partial charge in [-0.15, -0.1) is 0 Å². The summed E-state index contributed by atoms with van der Waals surface area (Å²) in [5.41, 5.74) is 2.15. The Labute approximate surface area is 146 Å². The number of urea groups is 1. The first-order valence-corrected chi connectivity index (χ1v) is 8.00. The van der Waals surface area contributed by atoms with Crippen molar-refractivity contribution < 1.29 is 14.3 Å². The number of benzene rings is 2. The molecule has 6 heteroatoms. The lowest BCUT2D eigenvalue weighted by molar-refractivity contribution is -0.115. The predicted octanol–water partition coefficient (Wildman–Crippen LogP) is 3.05. The smallest absolute Gasteiger partial charge is 0.326 e. The second-order valence-electron chi connectivity index (χ2n) is 4.93. The van der Waals surface area contributed by atoms with E-state index in [9.17, 15) is 9.59 Å². The summed E-state index contributed by atoms with van der Waals surface area (Å²) in [7, 11) is 0. The molecular formula is C17H13IN2O3. The van der Waals surface area contributed by atoms with E-state index in [1.165, 1.54) is 0 Å². The minimum Gasteiger partial charge on any atom is -0.488 e. The van der Waals surface area contributed by atoms with Gasteiger partial charge in [0.05, 0.1) is 3.57 Å². The summed E-state index contributed by atoms with van der Waals surface area (Å²) < 4.78 is 6.74. The lowest BCUT2D eigenvalue weighted by Gasteiger charge is -2.09. The van der Waals surface area contributed by atoms with Crippen LogP contribution in [0.1, 0.15) is 11.1 Å². The summed E-state index contributed by atoms with van der Waals surface area (Å²) in [6.45, 7) is 0.496. The van der Waals surface area contributed by atoms with E-state index in [0.717, 1.165) is 20.4 Å². The normalized spacial score (nSPS) is 15.4. The topological polar surface area (TPSA) is 67.4 Å². The lowest BCUT2D eigenvalue weighted by atomic mass is 10.2. The SMILES string of the molecule is O=C1NC(=O)/C(=C\c2ccc(OCc3ccccc3)c(I)c2)N1. The molecule has 2 aromatic rings. The van der Waals surface area contributed by atoms with Crippen molar-refractivity contribution in [2.75, 3.05) is 0 Å². The molecule has 2 N–H and O–H groups in total. The van der Waals surface area contributed by atoms with Crippen LogP contribution in [0.15, 0.2) is 54.2 Å². The molecule has 1 aliphatic rings. The van der Waals surface area contributed by atoms with Gasteiger partial charge in [-0.05, 0) is 51.9 Å². The molecule has 0 atom stereocenters. The van der Waals surface area contributed by atoms with Crippen LogP contribution in [0, 0.1) is 3.57 Å². The fourth-order valence-corrected chi connectivity index (χ4v) is 2.80. The zero-order chi connectivity index (χ0) is 16.2. The Morgan fingerprint density at radius 1 is 1.04 bits per heavy atom. The first-order chi connectivity index (χ1) is 11.1. The van der Waals surface area contributed by atoms with Gasteiger partial charge in [-0.2, -0.15) is 0 Å². The van der Waals surface area contributed by atoms with Crippen molar-refractivity contribution in [3.8, 4) is 5.75 Å². The largest absolute Gasteiger partial charge is 0.488 e. The minimum atomic E-state index is -0.501. The van der Waals surface area contributed by atoms with Crippen LogP contribution in [-0.4, -0.2) is 11.9 Å². The van der Waals surface area contributed by atoms with E-state index in [1.54, 1.807) is 6.08 Å². The molecule has 0 unspecified atom stereocenters. The van der Waals surface area contributed by atoms with E-state index >= 15 is 0 Å². The Hall–Kier alpha value is -2.35. The monoisotopic (exact) mass is 420 g/mol. The number of hydrogen-bond acceptors (Lipinski definition) is 3. The Morgan fingerprint density at radius 2 is 1.83 bits per heavy atom. The molecule has 2 aromatic carbocycles.